The highest BCUT2D eigenvalue weighted by Gasteiger charge is 2.35. The maximum absolute atomic E-state index is 9.99. The minimum absolute atomic E-state index is 0.286. The molecule has 1 aliphatic heterocycles. The molecule has 0 amide bonds. The Morgan fingerprint density at radius 2 is 1.85 bits per heavy atom. The highest BCUT2D eigenvalue weighted by Crippen LogP contribution is 2.39. The van der Waals surface area contributed by atoms with Crippen LogP contribution in [-0.4, -0.2) is 25.9 Å². The number of fused-ring (bicyclic) bond motifs is 1. The quantitative estimate of drug-likeness (QED) is 0.178. The average Bonchev–Trinajstić information content (AvgIpc) is 2.97. The second kappa shape index (κ2) is 11.0. The molecule has 0 atom stereocenters. The summed E-state index contributed by atoms with van der Waals surface area (Å²) >= 11 is 6.35. The van der Waals surface area contributed by atoms with Gasteiger partial charge in [0.2, 0.25) is 0 Å². The largest absolute Gasteiger partial charge is 0.489 e. The molecule has 1 aliphatic rings. The van der Waals surface area contributed by atoms with Gasteiger partial charge in [0.25, 0.3) is 0 Å². The monoisotopic (exact) mass is 546 g/mol. The molecule has 196 valence electrons. The molecule has 1 fully saturated rings. The summed E-state index contributed by atoms with van der Waals surface area (Å²) in [6.45, 7) is 2.51. The Balaban J connectivity index is 1.41. The molecule has 0 radical (unpaired) electrons. The predicted molar refractivity (Wildman–Crippen MR) is 155 cm³/mol. The molecule has 0 aliphatic carbocycles. The third-order valence-corrected chi connectivity index (χ3v) is 6.65. The fourth-order valence-corrected chi connectivity index (χ4v) is 4.69. The van der Waals surface area contributed by atoms with Crippen LogP contribution in [-0.2, 0) is 11.3 Å². The predicted octanol–water partition coefficient (Wildman–Crippen LogP) is 7.23. The molecule has 1 saturated heterocycles. The molecule has 5 aromatic rings. The number of hydrogen-bond donors (Lipinski definition) is 1. The highest BCUT2D eigenvalue weighted by atomic mass is 35.5. The van der Waals surface area contributed by atoms with E-state index in [1.54, 1.807) is 18.3 Å². The second-order valence-corrected chi connectivity index (χ2v) is 9.64. The van der Waals surface area contributed by atoms with E-state index in [-0.39, 0.29) is 5.71 Å². The summed E-state index contributed by atoms with van der Waals surface area (Å²) in [5, 5.41) is 14.8. The molecular formula is C32H23ClN4O3. The summed E-state index contributed by atoms with van der Waals surface area (Å²) in [5.74, 6) is 1.48. The molecular weight excluding hydrogens is 524 g/mol. The van der Waals surface area contributed by atoms with Crippen LogP contribution in [0.3, 0.4) is 0 Å². The summed E-state index contributed by atoms with van der Waals surface area (Å²) in [6.07, 6.45) is 4.89. The number of pyridine rings is 1. The van der Waals surface area contributed by atoms with E-state index in [2.05, 4.69) is 39.2 Å². The molecule has 7 nitrogen and oxygen atoms in total. The Morgan fingerprint density at radius 3 is 2.62 bits per heavy atom. The van der Waals surface area contributed by atoms with E-state index in [1.807, 2.05) is 66.7 Å². The van der Waals surface area contributed by atoms with E-state index in [4.69, 9.17) is 21.1 Å². The Kier molecular flexibility index (Phi) is 6.95. The Morgan fingerprint density at radius 1 is 0.975 bits per heavy atom. The van der Waals surface area contributed by atoms with Crippen LogP contribution in [0.4, 0.5) is 0 Å². The van der Waals surface area contributed by atoms with Crippen LogP contribution in [0.1, 0.15) is 28.1 Å². The van der Waals surface area contributed by atoms with Crippen molar-refractivity contribution in [2.45, 2.75) is 13.5 Å². The zero-order valence-electron chi connectivity index (χ0n) is 21.5. The molecule has 3 aromatic carbocycles. The van der Waals surface area contributed by atoms with Crippen molar-refractivity contribution in [3.63, 3.8) is 0 Å². The Bertz CT molecular complexity index is 1800. The summed E-state index contributed by atoms with van der Waals surface area (Å²) in [4.78, 5) is 13.3. The summed E-state index contributed by atoms with van der Waals surface area (Å²) in [5.41, 5.74) is 5.97. The number of hydrogen-bond acceptors (Lipinski definition) is 7. The van der Waals surface area contributed by atoms with Crippen molar-refractivity contribution in [2.75, 3.05) is 0 Å². The first-order valence-corrected chi connectivity index (χ1v) is 12.9. The van der Waals surface area contributed by atoms with E-state index >= 15 is 0 Å². The van der Waals surface area contributed by atoms with Crippen LogP contribution in [0, 0.1) is 6.92 Å². The van der Waals surface area contributed by atoms with Gasteiger partial charge >= 0.3 is 0 Å². The van der Waals surface area contributed by atoms with E-state index in [1.165, 1.54) is 11.9 Å². The Labute approximate surface area is 235 Å². The lowest BCUT2D eigenvalue weighted by atomic mass is 9.93. The molecule has 0 bridgehead atoms. The number of nitrogens with zero attached hydrogens (tertiary/aromatic N) is 4. The van der Waals surface area contributed by atoms with Gasteiger partial charge in [-0.3, -0.25) is 4.98 Å². The van der Waals surface area contributed by atoms with Crippen molar-refractivity contribution < 1.29 is 14.7 Å². The maximum atomic E-state index is 9.99. The first kappa shape index (κ1) is 25.3. The van der Waals surface area contributed by atoms with Crippen LogP contribution in [0.5, 0.6) is 5.75 Å². The van der Waals surface area contributed by atoms with Gasteiger partial charge in [-0.1, -0.05) is 64.8 Å². The lowest BCUT2D eigenvalue weighted by molar-refractivity contribution is 0.276. The third-order valence-electron chi connectivity index (χ3n) is 6.42. The standard InChI is InChI=1S/C32H23ClN4O3/c1-20-5-4-6-21(15-20)18-39-25-11-8-22(9-12-25)29(30-26-16-23(33)10-13-27(26)35-19-36-30)32-31(37-38)28(40-32)17-24-7-2-3-14-34-24/h2-17,19,38H,18H2,1H3/b28-17-,32-29-,37-31+. The summed E-state index contributed by atoms with van der Waals surface area (Å²) < 4.78 is 12.2. The Hall–Kier alpha value is -5.01. The molecule has 8 heteroatoms. The number of oxime groups is 1. The zero-order valence-corrected chi connectivity index (χ0v) is 22.2. The number of aryl methyl sites for hydroxylation is 1. The topological polar surface area (TPSA) is 89.7 Å². The van der Waals surface area contributed by atoms with Gasteiger partial charge in [-0.05, 0) is 60.5 Å². The minimum atomic E-state index is 0.286. The number of ether oxygens (including phenoxy) is 2. The smallest absolute Gasteiger partial charge is 0.188 e. The average molecular weight is 547 g/mol. The molecule has 1 N–H and O–H groups in total. The van der Waals surface area contributed by atoms with E-state index < -0.39 is 0 Å². The summed E-state index contributed by atoms with van der Waals surface area (Å²) in [7, 11) is 0. The van der Waals surface area contributed by atoms with Gasteiger partial charge in [-0.25, -0.2) is 9.97 Å². The third kappa shape index (κ3) is 5.15. The molecule has 0 spiro atoms. The van der Waals surface area contributed by atoms with Crippen molar-refractivity contribution in [1.29, 1.82) is 0 Å². The SMILES string of the molecule is Cc1cccc(COc2ccc(/C(=C3/OC(=C\c4ccccn4)/C3=N\O)c3ncnc4ccc(Cl)cc34)cc2)c1. The fraction of sp³-hybridized carbons (Fsp3) is 0.0625. The number of aromatic nitrogens is 3. The van der Waals surface area contributed by atoms with Crippen LogP contribution in [0.2, 0.25) is 5.02 Å². The number of halogens is 1. The van der Waals surface area contributed by atoms with Gasteiger partial charge in [0.15, 0.2) is 17.2 Å². The van der Waals surface area contributed by atoms with Gasteiger partial charge < -0.3 is 14.7 Å². The molecule has 6 rings (SSSR count). The first-order chi connectivity index (χ1) is 19.6. The van der Waals surface area contributed by atoms with Crippen LogP contribution in [0.25, 0.3) is 22.6 Å². The van der Waals surface area contributed by atoms with Crippen molar-refractivity contribution in [3.05, 3.63) is 142 Å². The zero-order chi connectivity index (χ0) is 27.5. The van der Waals surface area contributed by atoms with Gasteiger partial charge in [0, 0.05) is 22.7 Å². The van der Waals surface area contributed by atoms with Gasteiger partial charge in [0.1, 0.15) is 18.7 Å². The molecule has 0 saturated carbocycles. The van der Waals surface area contributed by atoms with E-state index in [9.17, 15) is 5.21 Å². The van der Waals surface area contributed by atoms with Crippen LogP contribution < -0.4 is 4.74 Å². The maximum Gasteiger partial charge on any atom is 0.188 e. The summed E-state index contributed by atoms with van der Waals surface area (Å²) in [6, 6.07) is 26.8. The van der Waals surface area contributed by atoms with Crippen LogP contribution in [0.15, 0.2) is 114 Å². The normalized spacial score (nSPS) is 16.1. The molecule has 40 heavy (non-hydrogen) atoms. The van der Waals surface area contributed by atoms with Gasteiger partial charge in [-0.15, -0.1) is 0 Å². The lowest BCUT2D eigenvalue weighted by Gasteiger charge is -2.27. The van der Waals surface area contributed by atoms with Crippen molar-refractivity contribution in [1.82, 2.24) is 15.0 Å². The number of rotatable bonds is 6. The van der Waals surface area contributed by atoms with Crippen molar-refractivity contribution in [3.8, 4) is 5.75 Å². The minimum Gasteiger partial charge on any atom is -0.489 e. The fourth-order valence-electron chi connectivity index (χ4n) is 4.52. The molecule has 2 aromatic heterocycles. The lowest BCUT2D eigenvalue weighted by Crippen LogP contribution is -2.25. The van der Waals surface area contributed by atoms with E-state index in [0.717, 1.165) is 22.0 Å². The van der Waals surface area contributed by atoms with Crippen molar-refractivity contribution >= 4 is 39.9 Å². The number of benzene rings is 3. The van der Waals surface area contributed by atoms with Crippen molar-refractivity contribution in [2.24, 2.45) is 5.16 Å². The van der Waals surface area contributed by atoms with Crippen LogP contribution >= 0.6 is 11.6 Å². The molecule has 3 heterocycles. The first-order valence-electron chi connectivity index (χ1n) is 12.6. The van der Waals surface area contributed by atoms with E-state index in [0.29, 0.717) is 45.9 Å². The highest BCUT2D eigenvalue weighted by molar-refractivity contribution is 6.31. The molecule has 0 unspecified atom stereocenters. The van der Waals surface area contributed by atoms with Gasteiger partial charge in [0.05, 0.1) is 22.5 Å². The second-order valence-electron chi connectivity index (χ2n) is 9.20. The van der Waals surface area contributed by atoms with Gasteiger partial charge in [-0.2, -0.15) is 0 Å².